The van der Waals surface area contributed by atoms with Crippen LogP contribution in [-0.2, 0) is 9.05 Å². The molecule has 0 atom stereocenters. The van der Waals surface area contributed by atoms with Crippen LogP contribution in [0, 0.1) is 6.92 Å². The smallest absolute Gasteiger partial charge is 0.207 e. The van der Waals surface area contributed by atoms with Gasteiger partial charge in [-0.05, 0) is 40.5 Å². The molecule has 0 aliphatic carbocycles. The van der Waals surface area contributed by atoms with E-state index in [9.17, 15) is 8.42 Å². The molecule has 0 saturated heterocycles. The first-order valence-electron chi connectivity index (χ1n) is 3.22. The van der Waals surface area contributed by atoms with E-state index in [-0.39, 0.29) is 4.90 Å². The number of aryl methyl sites for hydroxylation is 1. The summed E-state index contributed by atoms with van der Waals surface area (Å²) in [6.45, 7) is 1.63. The lowest BCUT2D eigenvalue weighted by Crippen LogP contribution is -1.94. The van der Waals surface area contributed by atoms with Gasteiger partial charge in [0.25, 0.3) is 9.05 Å². The monoisotopic (exact) mass is 302 g/mol. The van der Waals surface area contributed by atoms with E-state index in [0.717, 1.165) is 0 Å². The third-order valence-electron chi connectivity index (χ3n) is 1.48. The van der Waals surface area contributed by atoms with E-state index in [1.807, 2.05) is 0 Å². The molecule has 0 spiro atoms. The molecule has 0 saturated carbocycles. The molecule has 72 valence electrons. The van der Waals surface area contributed by atoms with Crippen molar-refractivity contribution in [2.75, 3.05) is 0 Å². The summed E-state index contributed by atoms with van der Waals surface area (Å²) in [6, 6.07) is 2.93. The molecule has 0 aliphatic heterocycles. The summed E-state index contributed by atoms with van der Waals surface area (Å²) >= 11 is 8.87. The van der Waals surface area contributed by atoms with Crippen LogP contribution in [0.15, 0.2) is 21.5 Å². The lowest BCUT2D eigenvalue weighted by Gasteiger charge is -2.03. The van der Waals surface area contributed by atoms with Crippen LogP contribution in [0.5, 0.6) is 0 Å². The highest BCUT2D eigenvalue weighted by Crippen LogP contribution is 2.29. The first-order chi connectivity index (χ1) is 5.82. The van der Waals surface area contributed by atoms with Crippen LogP contribution in [0.4, 0.5) is 0 Å². The minimum atomic E-state index is -3.69. The summed E-state index contributed by atoms with van der Waals surface area (Å²) in [5, 5.41) is 0.460. The fourth-order valence-electron chi connectivity index (χ4n) is 0.891. The first-order valence-corrected chi connectivity index (χ1v) is 6.70. The van der Waals surface area contributed by atoms with E-state index in [1.54, 1.807) is 13.0 Å². The van der Waals surface area contributed by atoms with Crippen molar-refractivity contribution in [3.8, 4) is 0 Å². The molecule has 0 fully saturated rings. The van der Waals surface area contributed by atoms with Crippen molar-refractivity contribution in [1.82, 2.24) is 0 Å². The molecule has 2 nitrogen and oxygen atoms in total. The molecular formula is C7H5BrCl2O2S. The molecule has 13 heavy (non-hydrogen) atoms. The highest BCUT2D eigenvalue weighted by atomic mass is 79.9. The van der Waals surface area contributed by atoms with Crippen LogP contribution in [-0.4, -0.2) is 8.42 Å². The van der Waals surface area contributed by atoms with Gasteiger partial charge in [-0.25, -0.2) is 8.42 Å². The maximum absolute atomic E-state index is 11.0. The minimum absolute atomic E-state index is 0.0745. The molecule has 0 bridgehead atoms. The fraction of sp³-hybridized carbons (Fsp3) is 0.143. The molecule has 0 aliphatic rings. The van der Waals surface area contributed by atoms with Gasteiger partial charge < -0.3 is 0 Å². The number of rotatable bonds is 1. The maximum Gasteiger partial charge on any atom is 0.261 e. The zero-order valence-corrected chi connectivity index (χ0v) is 10.4. The van der Waals surface area contributed by atoms with Gasteiger partial charge in [-0.2, -0.15) is 0 Å². The Morgan fingerprint density at radius 2 is 1.92 bits per heavy atom. The van der Waals surface area contributed by atoms with Crippen LogP contribution in [0.1, 0.15) is 5.56 Å². The average Bonchev–Trinajstić information content (AvgIpc) is 1.94. The summed E-state index contributed by atoms with van der Waals surface area (Å²) in [7, 11) is 1.51. The second kappa shape index (κ2) is 3.77. The molecule has 0 N–H and O–H groups in total. The van der Waals surface area contributed by atoms with Crippen molar-refractivity contribution in [2.45, 2.75) is 11.8 Å². The zero-order valence-electron chi connectivity index (χ0n) is 6.51. The van der Waals surface area contributed by atoms with Gasteiger partial charge in [0.15, 0.2) is 0 Å². The normalized spacial score (nSPS) is 11.7. The van der Waals surface area contributed by atoms with Crippen LogP contribution in [0.2, 0.25) is 5.02 Å². The minimum Gasteiger partial charge on any atom is -0.207 e. The van der Waals surface area contributed by atoms with E-state index < -0.39 is 9.05 Å². The molecular weight excluding hydrogens is 299 g/mol. The standard InChI is InChI=1S/C7H5BrCl2O2S/c1-4-2-6(9)5(8)3-7(4)13(10,11)12/h2-3H,1H3. The molecule has 0 heterocycles. The Labute approximate surface area is 94.4 Å². The molecule has 0 radical (unpaired) electrons. The average molecular weight is 304 g/mol. The number of benzene rings is 1. The van der Waals surface area contributed by atoms with Gasteiger partial charge in [0.05, 0.1) is 9.92 Å². The van der Waals surface area contributed by atoms with Gasteiger partial charge in [0, 0.05) is 15.2 Å². The fourth-order valence-corrected chi connectivity index (χ4v) is 2.80. The van der Waals surface area contributed by atoms with Crippen molar-refractivity contribution in [1.29, 1.82) is 0 Å². The Balaban J connectivity index is 3.50. The van der Waals surface area contributed by atoms with Gasteiger partial charge in [-0.15, -0.1) is 0 Å². The van der Waals surface area contributed by atoms with Crippen molar-refractivity contribution >= 4 is 47.3 Å². The third-order valence-corrected chi connectivity index (χ3v) is 4.14. The van der Waals surface area contributed by atoms with Gasteiger partial charge >= 0.3 is 0 Å². The second-order valence-electron chi connectivity index (χ2n) is 2.47. The second-order valence-corrected chi connectivity index (χ2v) is 6.27. The Hall–Kier alpha value is 0.230. The Morgan fingerprint density at radius 1 is 1.38 bits per heavy atom. The SMILES string of the molecule is Cc1cc(Cl)c(Br)cc1S(=O)(=O)Cl. The van der Waals surface area contributed by atoms with Crippen molar-refractivity contribution in [3.63, 3.8) is 0 Å². The zero-order chi connectivity index (χ0) is 10.2. The first kappa shape index (κ1) is 11.3. The van der Waals surface area contributed by atoms with E-state index in [2.05, 4.69) is 15.9 Å². The van der Waals surface area contributed by atoms with Gasteiger partial charge in [0.1, 0.15) is 0 Å². The highest BCUT2D eigenvalue weighted by Gasteiger charge is 2.15. The van der Waals surface area contributed by atoms with Crippen molar-refractivity contribution in [2.24, 2.45) is 0 Å². The number of hydrogen-bond acceptors (Lipinski definition) is 2. The van der Waals surface area contributed by atoms with Gasteiger partial charge in [-0.1, -0.05) is 11.6 Å². The predicted octanol–water partition coefficient (Wildman–Crippen LogP) is 3.34. The van der Waals surface area contributed by atoms with Crippen LogP contribution in [0.3, 0.4) is 0 Å². The summed E-state index contributed by atoms with van der Waals surface area (Å²) < 4.78 is 22.6. The summed E-state index contributed by atoms with van der Waals surface area (Å²) in [6.07, 6.45) is 0. The molecule has 0 amide bonds. The van der Waals surface area contributed by atoms with Gasteiger partial charge in [-0.3, -0.25) is 0 Å². The quantitative estimate of drug-likeness (QED) is 0.746. The van der Waals surface area contributed by atoms with E-state index in [4.69, 9.17) is 22.3 Å². The van der Waals surface area contributed by atoms with E-state index in [0.29, 0.717) is 15.1 Å². The van der Waals surface area contributed by atoms with E-state index in [1.165, 1.54) is 6.07 Å². The van der Waals surface area contributed by atoms with Crippen LogP contribution >= 0.6 is 38.2 Å². The Morgan fingerprint density at radius 3 is 2.38 bits per heavy atom. The number of hydrogen-bond donors (Lipinski definition) is 0. The Bertz CT molecular complexity index is 442. The van der Waals surface area contributed by atoms with E-state index >= 15 is 0 Å². The summed E-state index contributed by atoms with van der Waals surface area (Å²) in [4.78, 5) is 0.0745. The Kier molecular flexibility index (Phi) is 3.28. The molecule has 1 rings (SSSR count). The predicted molar refractivity (Wildman–Crippen MR) is 56.9 cm³/mol. The molecule has 1 aromatic rings. The van der Waals surface area contributed by atoms with Crippen LogP contribution < -0.4 is 0 Å². The lowest BCUT2D eigenvalue weighted by atomic mass is 10.2. The highest BCUT2D eigenvalue weighted by molar-refractivity contribution is 9.10. The molecule has 1 aromatic carbocycles. The topological polar surface area (TPSA) is 34.1 Å². The largest absolute Gasteiger partial charge is 0.261 e. The number of halogens is 3. The maximum atomic E-state index is 11.0. The van der Waals surface area contributed by atoms with Gasteiger partial charge in [0.2, 0.25) is 0 Å². The van der Waals surface area contributed by atoms with Crippen molar-refractivity contribution in [3.05, 3.63) is 27.2 Å². The summed E-state index contributed by atoms with van der Waals surface area (Å²) in [5.41, 5.74) is 0.531. The third kappa shape index (κ3) is 2.59. The van der Waals surface area contributed by atoms with Crippen LogP contribution in [0.25, 0.3) is 0 Å². The molecule has 0 unspecified atom stereocenters. The molecule has 6 heteroatoms. The van der Waals surface area contributed by atoms with Crippen molar-refractivity contribution < 1.29 is 8.42 Å². The summed E-state index contributed by atoms with van der Waals surface area (Å²) in [5.74, 6) is 0. The lowest BCUT2D eigenvalue weighted by molar-refractivity contribution is 0.609. The molecule has 0 aromatic heterocycles.